The van der Waals surface area contributed by atoms with Gasteiger partial charge in [-0.15, -0.1) is 11.3 Å². The first kappa shape index (κ1) is 13.6. The van der Waals surface area contributed by atoms with Crippen LogP contribution in [0.5, 0.6) is 0 Å². The third-order valence-corrected chi connectivity index (χ3v) is 4.59. The van der Waals surface area contributed by atoms with Gasteiger partial charge in [0.1, 0.15) is 10.6 Å². The quantitative estimate of drug-likeness (QED) is 0.807. The summed E-state index contributed by atoms with van der Waals surface area (Å²) in [4.78, 5) is 18.8. The second kappa shape index (κ2) is 5.21. The first-order valence-corrected chi connectivity index (χ1v) is 7.30. The lowest BCUT2D eigenvalue weighted by molar-refractivity contribution is 0.0790. The van der Waals surface area contributed by atoms with Crippen LogP contribution in [0.25, 0.3) is 10.1 Å². The van der Waals surface area contributed by atoms with Crippen LogP contribution >= 0.6 is 11.3 Å². The summed E-state index contributed by atoms with van der Waals surface area (Å²) < 4.78 is 6.18. The maximum atomic E-state index is 12.6. The summed E-state index contributed by atoms with van der Waals surface area (Å²) in [5.41, 5.74) is 7.62. The lowest BCUT2D eigenvalue weighted by Gasteiger charge is -2.16. The number of hydrogen-bond donors (Lipinski definition) is 1. The fourth-order valence-corrected chi connectivity index (χ4v) is 3.29. The van der Waals surface area contributed by atoms with Gasteiger partial charge in [-0.05, 0) is 19.1 Å². The van der Waals surface area contributed by atoms with Gasteiger partial charge in [0.2, 0.25) is 0 Å². The number of nitrogens with zero attached hydrogens (tertiary/aromatic N) is 2. The number of fused-ring (bicyclic) bond motifs is 1. The number of anilines is 1. The smallest absolute Gasteiger partial charge is 0.266 e. The number of nitrogen functional groups attached to an aromatic ring is 1. The predicted octanol–water partition coefficient (Wildman–Crippen LogP) is 3.05. The van der Waals surface area contributed by atoms with E-state index in [1.807, 2.05) is 19.1 Å². The molecule has 0 bridgehead atoms. The van der Waals surface area contributed by atoms with Gasteiger partial charge in [-0.25, -0.2) is 0 Å². The zero-order chi connectivity index (χ0) is 15.0. The van der Waals surface area contributed by atoms with Gasteiger partial charge in [0.15, 0.2) is 0 Å². The van der Waals surface area contributed by atoms with E-state index in [0.29, 0.717) is 17.1 Å². The van der Waals surface area contributed by atoms with Crippen LogP contribution in [-0.4, -0.2) is 22.8 Å². The van der Waals surface area contributed by atoms with Gasteiger partial charge in [0.25, 0.3) is 5.91 Å². The Balaban J connectivity index is 1.89. The van der Waals surface area contributed by atoms with E-state index in [9.17, 15) is 4.79 Å². The topological polar surface area (TPSA) is 72.4 Å². The maximum absolute atomic E-state index is 12.6. The number of furan rings is 1. The summed E-state index contributed by atoms with van der Waals surface area (Å²) in [7, 11) is 1.76. The number of rotatable bonds is 3. The Hall–Kier alpha value is -2.34. The lowest BCUT2D eigenvalue weighted by Crippen LogP contribution is -2.26. The van der Waals surface area contributed by atoms with E-state index in [0.717, 1.165) is 21.4 Å². The fourth-order valence-electron chi connectivity index (χ4n) is 2.21. The summed E-state index contributed by atoms with van der Waals surface area (Å²) in [6, 6.07) is 3.70. The van der Waals surface area contributed by atoms with Gasteiger partial charge < -0.3 is 15.1 Å². The summed E-state index contributed by atoms with van der Waals surface area (Å²) in [6.45, 7) is 2.38. The number of carbonyl (C=O) groups excluding carboxylic acids is 1. The molecule has 0 fully saturated rings. The van der Waals surface area contributed by atoms with Gasteiger partial charge in [-0.1, -0.05) is 0 Å². The molecule has 1 amide bonds. The Morgan fingerprint density at radius 3 is 2.95 bits per heavy atom. The van der Waals surface area contributed by atoms with Crippen molar-refractivity contribution in [1.82, 2.24) is 9.88 Å². The van der Waals surface area contributed by atoms with Crippen molar-refractivity contribution in [3.63, 3.8) is 0 Å². The standard InChI is InChI=1S/C15H15N3O2S/c1-9-10(4-6-20-9)8-18(2)15(19)14-13(16)11-3-5-17-7-12(11)21-14/h3-7H,8,16H2,1-2H3. The molecule has 0 saturated carbocycles. The van der Waals surface area contributed by atoms with Crippen LogP contribution in [0.15, 0.2) is 35.2 Å². The minimum Gasteiger partial charge on any atom is -0.469 e. The van der Waals surface area contributed by atoms with Gasteiger partial charge in [-0.3, -0.25) is 9.78 Å². The van der Waals surface area contributed by atoms with Crippen molar-refractivity contribution in [2.24, 2.45) is 0 Å². The number of hydrogen-bond acceptors (Lipinski definition) is 5. The lowest BCUT2D eigenvalue weighted by atomic mass is 10.2. The van der Waals surface area contributed by atoms with Crippen LogP contribution in [-0.2, 0) is 6.54 Å². The number of pyridine rings is 1. The Bertz CT molecular complexity index is 806. The number of amides is 1. The molecule has 0 radical (unpaired) electrons. The zero-order valence-corrected chi connectivity index (χ0v) is 12.6. The molecule has 5 nitrogen and oxygen atoms in total. The molecule has 108 valence electrons. The summed E-state index contributed by atoms with van der Waals surface area (Å²) in [5.74, 6) is 0.734. The van der Waals surface area contributed by atoms with Crippen molar-refractivity contribution in [3.8, 4) is 0 Å². The van der Waals surface area contributed by atoms with Crippen LogP contribution in [0.2, 0.25) is 0 Å². The molecule has 0 aliphatic carbocycles. The maximum Gasteiger partial charge on any atom is 0.266 e. The van der Waals surface area contributed by atoms with Crippen LogP contribution in [0, 0.1) is 6.92 Å². The van der Waals surface area contributed by atoms with Gasteiger partial charge in [0, 0.05) is 36.9 Å². The average Bonchev–Trinajstić information content (AvgIpc) is 3.03. The minimum atomic E-state index is -0.0886. The third kappa shape index (κ3) is 2.38. The molecular formula is C15H15N3O2S. The monoisotopic (exact) mass is 301 g/mol. The molecule has 0 aliphatic rings. The number of thiophene rings is 1. The molecule has 3 rings (SSSR count). The van der Waals surface area contributed by atoms with Crippen molar-refractivity contribution < 1.29 is 9.21 Å². The molecular weight excluding hydrogens is 286 g/mol. The first-order chi connectivity index (χ1) is 10.1. The summed E-state index contributed by atoms with van der Waals surface area (Å²) in [6.07, 6.45) is 5.04. The highest BCUT2D eigenvalue weighted by molar-refractivity contribution is 7.21. The van der Waals surface area contributed by atoms with E-state index in [1.54, 1.807) is 30.6 Å². The number of aromatic nitrogens is 1. The summed E-state index contributed by atoms with van der Waals surface area (Å²) >= 11 is 1.37. The molecule has 6 heteroatoms. The molecule has 21 heavy (non-hydrogen) atoms. The Morgan fingerprint density at radius 1 is 1.48 bits per heavy atom. The molecule has 0 saturated heterocycles. The first-order valence-electron chi connectivity index (χ1n) is 6.48. The normalized spacial score (nSPS) is 11.0. The van der Waals surface area contributed by atoms with E-state index in [2.05, 4.69) is 4.98 Å². The number of nitrogens with two attached hydrogens (primary N) is 1. The largest absolute Gasteiger partial charge is 0.469 e. The molecule has 3 aromatic rings. The van der Waals surface area contributed by atoms with Crippen molar-refractivity contribution in [3.05, 3.63) is 47.0 Å². The Labute approximate surface area is 126 Å². The van der Waals surface area contributed by atoms with E-state index in [4.69, 9.17) is 10.2 Å². The molecule has 2 N–H and O–H groups in total. The molecule has 0 unspecified atom stereocenters. The molecule has 0 aliphatic heterocycles. The van der Waals surface area contributed by atoms with Crippen LogP contribution in [0.3, 0.4) is 0 Å². The Kier molecular flexibility index (Phi) is 3.39. The van der Waals surface area contributed by atoms with E-state index >= 15 is 0 Å². The SMILES string of the molecule is Cc1occc1CN(C)C(=O)c1sc2cnccc2c1N. The van der Waals surface area contributed by atoms with Gasteiger partial charge in [-0.2, -0.15) is 0 Å². The van der Waals surface area contributed by atoms with Gasteiger partial charge in [0.05, 0.1) is 16.7 Å². The number of aryl methyl sites for hydroxylation is 1. The van der Waals surface area contributed by atoms with E-state index < -0.39 is 0 Å². The second-order valence-corrected chi connectivity index (χ2v) is 5.93. The highest BCUT2D eigenvalue weighted by Gasteiger charge is 2.20. The van der Waals surface area contributed by atoms with Crippen LogP contribution in [0.4, 0.5) is 5.69 Å². The van der Waals surface area contributed by atoms with E-state index in [1.165, 1.54) is 11.3 Å². The van der Waals surface area contributed by atoms with Crippen molar-refractivity contribution in [1.29, 1.82) is 0 Å². The van der Waals surface area contributed by atoms with Gasteiger partial charge >= 0.3 is 0 Å². The predicted molar refractivity (Wildman–Crippen MR) is 83.3 cm³/mol. The third-order valence-electron chi connectivity index (χ3n) is 3.45. The molecule has 0 spiro atoms. The van der Waals surface area contributed by atoms with Crippen LogP contribution < -0.4 is 5.73 Å². The number of carbonyl (C=O) groups is 1. The average molecular weight is 301 g/mol. The summed E-state index contributed by atoms with van der Waals surface area (Å²) in [5, 5.41) is 0.881. The molecule has 3 aromatic heterocycles. The minimum absolute atomic E-state index is 0.0886. The van der Waals surface area contributed by atoms with Crippen molar-refractivity contribution >= 4 is 33.0 Å². The fraction of sp³-hybridized carbons (Fsp3) is 0.200. The Morgan fingerprint density at radius 2 is 2.29 bits per heavy atom. The second-order valence-electron chi connectivity index (χ2n) is 4.88. The van der Waals surface area contributed by atoms with Crippen molar-refractivity contribution in [2.75, 3.05) is 12.8 Å². The highest BCUT2D eigenvalue weighted by atomic mass is 32.1. The van der Waals surface area contributed by atoms with Crippen LogP contribution in [0.1, 0.15) is 21.0 Å². The molecule has 0 aromatic carbocycles. The molecule has 0 atom stereocenters. The zero-order valence-electron chi connectivity index (χ0n) is 11.8. The van der Waals surface area contributed by atoms with Crippen molar-refractivity contribution in [2.45, 2.75) is 13.5 Å². The molecule has 3 heterocycles. The highest BCUT2D eigenvalue weighted by Crippen LogP contribution is 2.33. The van der Waals surface area contributed by atoms with E-state index in [-0.39, 0.29) is 5.91 Å².